The highest BCUT2D eigenvalue weighted by molar-refractivity contribution is 7.89. The fourth-order valence-corrected chi connectivity index (χ4v) is 4.70. The van der Waals surface area contributed by atoms with Crippen LogP contribution >= 0.6 is 11.6 Å². The lowest BCUT2D eigenvalue weighted by atomic mass is 10.2. The second-order valence-electron chi connectivity index (χ2n) is 7.12. The van der Waals surface area contributed by atoms with Crippen molar-refractivity contribution >= 4 is 33.2 Å². The van der Waals surface area contributed by atoms with Crippen LogP contribution in [0, 0.1) is 11.3 Å². The smallest absolute Gasteiger partial charge is 0.241 e. The van der Waals surface area contributed by atoms with Gasteiger partial charge in [0.1, 0.15) is 0 Å². The van der Waals surface area contributed by atoms with Crippen molar-refractivity contribution in [3.8, 4) is 6.07 Å². The van der Waals surface area contributed by atoms with Crippen LogP contribution in [-0.2, 0) is 14.8 Å². The van der Waals surface area contributed by atoms with Crippen LogP contribution in [0.15, 0.2) is 53.4 Å². The molecule has 0 aliphatic carbocycles. The maximum atomic E-state index is 12.9. The standard InChI is InChI=1S/C21H23ClN4O3S/c1-16(24-30(28,29)20-9-5-18(22)6-10-20)21(27)26-12-2-11-25(13-14-26)19-7-3-17(15-23)4-8-19/h3-10,16,24H,2,11-14H2,1H3/t16-/m0/s1. The number of benzene rings is 2. The lowest BCUT2D eigenvalue weighted by Gasteiger charge is -2.26. The zero-order chi connectivity index (χ0) is 21.7. The SMILES string of the molecule is C[C@H](NS(=O)(=O)c1ccc(Cl)cc1)C(=O)N1CCCN(c2ccc(C#N)cc2)CC1. The van der Waals surface area contributed by atoms with Crippen molar-refractivity contribution < 1.29 is 13.2 Å². The molecule has 1 amide bonds. The van der Waals surface area contributed by atoms with Gasteiger partial charge in [-0.3, -0.25) is 4.79 Å². The van der Waals surface area contributed by atoms with E-state index in [0.29, 0.717) is 30.2 Å². The van der Waals surface area contributed by atoms with Gasteiger partial charge in [-0.05, 0) is 61.9 Å². The molecule has 2 aromatic rings. The average Bonchev–Trinajstić information content (AvgIpc) is 2.99. The van der Waals surface area contributed by atoms with Crippen LogP contribution in [0.4, 0.5) is 5.69 Å². The first kappa shape index (κ1) is 22.1. The molecule has 1 saturated heterocycles. The number of carbonyl (C=O) groups is 1. The minimum Gasteiger partial charge on any atom is -0.370 e. The molecule has 3 rings (SSSR count). The van der Waals surface area contributed by atoms with E-state index < -0.39 is 16.1 Å². The zero-order valence-electron chi connectivity index (χ0n) is 16.6. The zero-order valence-corrected chi connectivity index (χ0v) is 18.2. The molecule has 2 aromatic carbocycles. The normalized spacial score (nSPS) is 15.9. The van der Waals surface area contributed by atoms with Crippen molar-refractivity contribution in [2.24, 2.45) is 0 Å². The van der Waals surface area contributed by atoms with Crippen molar-refractivity contribution in [1.29, 1.82) is 5.26 Å². The Labute approximate surface area is 181 Å². The van der Waals surface area contributed by atoms with Crippen molar-refractivity contribution in [3.63, 3.8) is 0 Å². The monoisotopic (exact) mass is 446 g/mol. The molecule has 0 unspecified atom stereocenters. The van der Waals surface area contributed by atoms with Crippen molar-refractivity contribution in [1.82, 2.24) is 9.62 Å². The summed E-state index contributed by atoms with van der Waals surface area (Å²) in [5, 5.41) is 9.37. The topological polar surface area (TPSA) is 93.5 Å². The summed E-state index contributed by atoms with van der Waals surface area (Å²) in [6.45, 7) is 4.01. The van der Waals surface area contributed by atoms with Crippen molar-refractivity contribution in [2.45, 2.75) is 24.3 Å². The summed E-state index contributed by atoms with van der Waals surface area (Å²) in [7, 11) is -3.82. The van der Waals surface area contributed by atoms with Crippen LogP contribution in [0.5, 0.6) is 0 Å². The highest BCUT2D eigenvalue weighted by Crippen LogP contribution is 2.18. The van der Waals surface area contributed by atoms with Gasteiger partial charge in [0, 0.05) is 36.9 Å². The molecule has 0 radical (unpaired) electrons. The Morgan fingerprint density at radius 3 is 2.37 bits per heavy atom. The predicted molar refractivity (Wildman–Crippen MR) is 116 cm³/mol. The molecule has 1 heterocycles. The van der Waals surface area contributed by atoms with Gasteiger partial charge in [0.15, 0.2) is 0 Å². The van der Waals surface area contributed by atoms with Gasteiger partial charge in [-0.1, -0.05) is 11.6 Å². The van der Waals surface area contributed by atoms with Crippen LogP contribution in [0.1, 0.15) is 18.9 Å². The van der Waals surface area contributed by atoms with Crippen LogP contribution in [0.3, 0.4) is 0 Å². The average molecular weight is 447 g/mol. The Morgan fingerprint density at radius 2 is 1.73 bits per heavy atom. The Morgan fingerprint density at radius 1 is 1.07 bits per heavy atom. The number of hydrogen-bond acceptors (Lipinski definition) is 5. The summed E-state index contributed by atoms with van der Waals surface area (Å²) in [6, 6.07) is 14.4. The minimum atomic E-state index is -3.82. The van der Waals surface area contributed by atoms with E-state index in [2.05, 4.69) is 15.7 Å². The van der Waals surface area contributed by atoms with E-state index in [-0.39, 0.29) is 10.8 Å². The van der Waals surface area contributed by atoms with E-state index in [9.17, 15) is 13.2 Å². The van der Waals surface area contributed by atoms with E-state index in [4.69, 9.17) is 16.9 Å². The Bertz CT molecular complexity index is 1030. The quantitative estimate of drug-likeness (QED) is 0.761. The Hall–Kier alpha value is -2.60. The molecular weight excluding hydrogens is 424 g/mol. The van der Waals surface area contributed by atoms with Gasteiger partial charge in [0.05, 0.1) is 22.6 Å². The summed E-state index contributed by atoms with van der Waals surface area (Å²) >= 11 is 5.81. The third-order valence-corrected chi connectivity index (χ3v) is 6.80. The number of carbonyl (C=O) groups excluding carboxylic acids is 1. The maximum Gasteiger partial charge on any atom is 0.241 e. The van der Waals surface area contributed by atoms with Crippen LogP contribution < -0.4 is 9.62 Å². The number of nitriles is 1. The molecule has 0 spiro atoms. The molecule has 1 N–H and O–H groups in total. The van der Waals surface area contributed by atoms with Gasteiger partial charge < -0.3 is 9.80 Å². The molecule has 9 heteroatoms. The van der Waals surface area contributed by atoms with Crippen molar-refractivity contribution in [2.75, 3.05) is 31.1 Å². The second kappa shape index (κ2) is 9.47. The van der Waals surface area contributed by atoms with E-state index in [1.54, 1.807) is 24.0 Å². The molecule has 0 aromatic heterocycles. The maximum absolute atomic E-state index is 12.9. The molecule has 7 nitrogen and oxygen atoms in total. The van der Waals surface area contributed by atoms with Crippen LogP contribution in [0.25, 0.3) is 0 Å². The second-order valence-corrected chi connectivity index (χ2v) is 9.27. The van der Waals surface area contributed by atoms with E-state index in [1.807, 2.05) is 12.1 Å². The molecule has 158 valence electrons. The van der Waals surface area contributed by atoms with Crippen LogP contribution in [0.2, 0.25) is 5.02 Å². The van der Waals surface area contributed by atoms with Crippen LogP contribution in [-0.4, -0.2) is 51.4 Å². The minimum absolute atomic E-state index is 0.0643. The molecule has 0 bridgehead atoms. The highest BCUT2D eigenvalue weighted by Gasteiger charge is 2.27. The molecule has 30 heavy (non-hydrogen) atoms. The first-order valence-corrected chi connectivity index (χ1v) is 11.5. The summed E-state index contributed by atoms with van der Waals surface area (Å²) in [4.78, 5) is 16.8. The molecule has 1 fully saturated rings. The fraction of sp³-hybridized carbons (Fsp3) is 0.333. The Balaban J connectivity index is 1.62. The summed E-state index contributed by atoms with van der Waals surface area (Å²) < 4.78 is 27.5. The summed E-state index contributed by atoms with van der Waals surface area (Å²) in [5.41, 5.74) is 1.60. The number of anilines is 1. The number of amides is 1. The number of rotatable bonds is 5. The van der Waals surface area contributed by atoms with Crippen molar-refractivity contribution in [3.05, 3.63) is 59.1 Å². The fourth-order valence-electron chi connectivity index (χ4n) is 3.38. The van der Waals surface area contributed by atoms with Gasteiger partial charge in [-0.25, -0.2) is 8.42 Å². The van der Waals surface area contributed by atoms with E-state index in [0.717, 1.165) is 18.7 Å². The Kier molecular flexibility index (Phi) is 6.98. The van der Waals surface area contributed by atoms with Gasteiger partial charge in [0.25, 0.3) is 0 Å². The highest BCUT2D eigenvalue weighted by atomic mass is 35.5. The molecule has 0 saturated carbocycles. The third kappa shape index (κ3) is 5.30. The third-order valence-electron chi connectivity index (χ3n) is 5.00. The summed E-state index contributed by atoms with van der Waals surface area (Å²) in [5.74, 6) is -0.255. The first-order chi connectivity index (χ1) is 14.3. The molecule has 1 aliphatic heterocycles. The predicted octanol–water partition coefficient (Wildman–Crippen LogP) is 2.62. The first-order valence-electron chi connectivity index (χ1n) is 9.62. The lowest BCUT2D eigenvalue weighted by molar-refractivity contribution is -0.132. The number of nitrogens with one attached hydrogen (secondary N) is 1. The molecular formula is C21H23ClN4O3S. The number of nitrogens with zero attached hydrogens (tertiary/aromatic N) is 3. The number of sulfonamides is 1. The summed E-state index contributed by atoms with van der Waals surface area (Å²) in [6.07, 6.45) is 0.766. The lowest BCUT2D eigenvalue weighted by Crippen LogP contribution is -2.47. The van der Waals surface area contributed by atoms with Gasteiger partial charge >= 0.3 is 0 Å². The largest absolute Gasteiger partial charge is 0.370 e. The van der Waals surface area contributed by atoms with Gasteiger partial charge in [-0.2, -0.15) is 9.98 Å². The number of halogens is 1. The molecule has 1 atom stereocenters. The van der Waals surface area contributed by atoms with E-state index >= 15 is 0 Å². The molecule has 1 aliphatic rings. The van der Waals surface area contributed by atoms with Gasteiger partial charge in [0.2, 0.25) is 15.9 Å². The number of hydrogen-bond donors (Lipinski definition) is 1. The van der Waals surface area contributed by atoms with E-state index in [1.165, 1.54) is 24.3 Å². The van der Waals surface area contributed by atoms with Gasteiger partial charge in [-0.15, -0.1) is 0 Å².